The fraction of sp³-hybridized carbons (Fsp3) is 0.600. The van der Waals surface area contributed by atoms with Crippen molar-refractivity contribution in [3.8, 4) is 0 Å². The Kier molecular flexibility index (Phi) is 3.55. The summed E-state index contributed by atoms with van der Waals surface area (Å²) in [5.74, 6) is -1.11. The number of hydrogen-bond donors (Lipinski definition) is 2. The Morgan fingerprint density at radius 2 is 2.10 bits per heavy atom. The van der Waals surface area contributed by atoms with Crippen LogP contribution in [0.3, 0.4) is 0 Å². The largest absolute Gasteiger partial charge is 0.481 e. The molecule has 1 fully saturated rings. The second-order valence-electron chi connectivity index (χ2n) is 2.11. The average Bonchev–Trinajstić information content (AvgIpc) is 1.61. The van der Waals surface area contributed by atoms with Crippen molar-refractivity contribution in [2.75, 3.05) is 0 Å². The zero-order valence-corrected chi connectivity index (χ0v) is 7.84. The number of carboxylic acid groups (broad SMARTS) is 1. The first-order chi connectivity index (χ1) is 4.24. The quantitative estimate of drug-likeness (QED) is 0.540. The minimum atomic E-state index is -0.803. The molecular formula is C5H7NO3Re. The summed E-state index contributed by atoms with van der Waals surface area (Å²) in [6.45, 7) is 0. The first-order valence-electron chi connectivity index (χ1n) is 2.66. The van der Waals surface area contributed by atoms with Crippen LogP contribution in [0, 0.1) is 5.92 Å². The van der Waals surface area contributed by atoms with Crippen LogP contribution in [0.2, 0.25) is 0 Å². The second-order valence-corrected chi connectivity index (χ2v) is 2.11. The maximum Gasteiger partial charge on any atom is 0.307 e. The molecule has 1 aliphatic rings. The van der Waals surface area contributed by atoms with E-state index < -0.39 is 5.97 Å². The van der Waals surface area contributed by atoms with Crippen molar-refractivity contribution in [3.05, 3.63) is 0 Å². The molecule has 0 atom stereocenters. The molecule has 1 rings (SSSR count). The molecule has 57 valence electrons. The van der Waals surface area contributed by atoms with Gasteiger partial charge in [-0.05, 0) is 0 Å². The Balaban J connectivity index is 0.000000810. The zero-order valence-electron chi connectivity index (χ0n) is 5.12. The van der Waals surface area contributed by atoms with Gasteiger partial charge in [-0.15, -0.1) is 0 Å². The van der Waals surface area contributed by atoms with Crippen LogP contribution in [0.5, 0.6) is 0 Å². The fourth-order valence-electron chi connectivity index (χ4n) is 0.765. The molecular weight excluding hydrogens is 308 g/mol. The maximum absolute atomic E-state index is 10.1. The fourth-order valence-corrected chi connectivity index (χ4v) is 0.765. The predicted molar refractivity (Wildman–Crippen MR) is 29.6 cm³/mol. The number of oxime groups is 1. The third-order valence-corrected chi connectivity index (χ3v) is 1.45. The molecule has 0 bridgehead atoms. The van der Waals surface area contributed by atoms with E-state index in [-0.39, 0.29) is 26.3 Å². The molecule has 0 saturated heterocycles. The third-order valence-electron chi connectivity index (χ3n) is 1.45. The van der Waals surface area contributed by atoms with Gasteiger partial charge in [-0.3, -0.25) is 4.79 Å². The van der Waals surface area contributed by atoms with Gasteiger partial charge in [-0.25, -0.2) is 0 Å². The van der Waals surface area contributed by atoms with Gasteiger partial charge >= 0.3 is 5.97 Å². The molecule has 10 heavy (non-hydrogen) atoms. The van der Waals surface area contributed by atoms with Crippen LogP contribution in [-0.4, -0.2) is 22.0 Å². The molecule has 0 aromatic heterocycles. The Morgan fingerprint density at radius 3 is 2.40 bits per heavy atom. The summed E-state index contributed by atoms with van der Waals surface area (Å²) >= 11 is 0. The number of carbonyl (C=O) groups is 1. The SMILES string of the molecule is O=C(O)C1CC(=NO)C1.[Re]. The van der Waals surface area contributed by atoms with Crippen LogP contribution in [0.4, 0.5) is 0 Å². The van der Waals surface area contributed by atoms with E-state index in [2.05, 4.69) is 5.16 Å². The summed E-state index contributed by atoms with van der Waals surface area (Å²) in [5, 5.41) is 19.3. The van der Waals surface area contributed by atoms with Crippen molar-refractivity contribution in [1.82, 2.24) is 0 Å². The number of nitrogens with zero attached hydrogens (tertiary/aromatic N) is 1. The summed E-state index contributed by atoms with van der Waals surface area (Å²) in [7, 11) is 0. The first kappa shape index (κ1) is 9.60. The van der Waals surface area contributed by atoms with Gasteiger partial charge in [-0.1, -0.05) is 5.16 Å². The van der Waals surface area contributed by atoms with Crippen LogP contribution < -0.4 is 0 Å². The molecule has 0 unspecified atom stereocenters. The molecule has 1 saturated carbocycles. The van der Waals surface area contributed by atoms with Crippen molar-refractivity contribution in [1.29, 1.82) is 0 Å². The van der Waals surface area contributed by atoms with Gasteiger partial charge < -0.3 is 10.3 Å². The van der Waals surface area contributed by atoms with Crippen LogP contribution in [0.25, 0.3) is 0 Å². The van der Waals surface area contributed by atoms with Crippen LogP contribution in [0.15, 0.2) is 5.16 Å². The van der Waals surface area contributed by atoms with Gasteiger partial charge in [-0.2, -0.15) is 0 Å². The van der Waals surface area contributed by atoms with E-state index in [9.17, 15) is 4.79 Å². The normalized spacial score (nSPS) is 22.4. The summed E-state index contributed by atoms with van der Waals surface area (Å²) in [6, 6.07) is 0. The van der Waals surface area contributed by atoms with E-state index in [1.165, 1.54) is 0 Å². The van der Waals surface area contributed by atoms with Gasteiger partial charge in [0.25, 0.3) is 0 Å². The van der Waals surface area contributed by atoms with E-state index in [1.54, 1.807) is 0 Å². The minimum Gasteiger partial charge on any atom is -0.481 e. The van der Waals surface area contributed by atoms with Crippen molar-refractivity contribution in [3.63, 3.8) is 0 Å². The summed E-state index contributed by atoms with van der Waals surface area (Å²) in [5.41, 5.74) is 0.586. The molecule has 1 aliphatic carbocycles. The van der Waals surface area contributed by atoms with Crippen molar-refractivity contribution in [2.24, 2.45) is 11.1 Å². The minimum absolute atomic E-state index is 0. The summed E-state index contributed by atoms with van der Waals surface area (Å²) < 4.78 is 0. The molecule has 4 nitrogen and oxygen atoms in total. The second kappa shape index (κ2) is 3.69. The molecule has 0 aromatic rings. The molecule has 0 amide bonds. The third kappa shape index (κ3) is 1.79. The molecule has 0 aromatic carbocycles. The Morgan fingerprint density at radius 1 is 1.60 bits per heavy atom. The molecule has 0 heterocycles. The molecule has 0 spiro atoms. The van der Waals surface area contributed by atoms with Gasteiger partial charge in [0.05, 0.1) is 11.6 Å². The Labute approximate surface area is 71.6 Å². The first-order valence-corrected chi connectivity index (χ1v) is 2.66. The van der Waals surface area contributed by atoms with Crippen molar-refractivity contribution >= 4 is 11.7 Å². The standard InChI is InChI=1S/C5H7NO3.Re/c7-5(8)3-1-4(2-3)6-9;/h3,9H,1-2H2,(H,7,8);. The molecule has 1 radical (unpaired) electrons. The molecule has 2 N–H and O–H groups in total. The van der Waals surface area contributed by atoms with E-state index in [0.717, 1.165) is 0 Å². The van der Waals surface area contributed by atoms with E-state index >= 15 is 0 Å². The van der Waals surface area contributed by atoms with E-state index in [0.29, 0.717) is 18.6 Å². The Hall–Kier alpha value is -0.398. The van der Waals surface area contributed by atoms with Gasteiger partial charge in [0, 0.05) is 33.3 Å². The maximum atomic E-state index is 10.1. The van der Waals surface area contributed by atoms with Gasteiger partial charge in [0.2, 0.25) is 0 Å². The summed E-state index contributed by atoms with van der Waals surface area (Å²) in [4.78, 5) is 10.1. The summed E-state index contributed by atoms with van der Waals surface area (Å²) in [6.07, 6.45) is 0.817. The van der Waals surface area contributed by atoms with Crippen molar-refractivity contribution in [2.45, 2.75) is 12.8 Å². The van der Waals surface area contributed by atoms with Crippen LogP contribution >= 0.6 is 0 Å². The molecule has 5 heteroatoms. The van der Waals surface area contributed by atoms with Crippen LogP contribution in [0.1, 0.15) is 12.8 Å². The Bertz CT molecular complexity index is 160. The van der Waals surface area contributed by atoms with Gasteiger partial charge in [0.15, 0.2) is 0 Å². The number of aliphatic carboxylic acids is 1. The van der Waals surface area contributed by atoms with E-state index in [4.69, 9.17) is 10.3 Å². The smallest absolute Gasteiger partial charge is 0.307 e. The number of carboxylic acids is 1. The monoisotopic (exact) mass is 316 g/mol. The topological polar surface area (TPSA) is 69.9 Å². The number of hydrogen-bond acceptors (Lipinski definition) is 3. The molecule has 0 aliphatic heterocycles. The zero-order chi connectivity index (χ0) is 6.85. The van der Waals surface area contributed by atoms with Crippen molar-refractivity contribution < 1.29 is 35.5 Å². The van der Waals surface area contributed by atoms with E-state index in [1.807, 2.05) is 0 Å². The average molecular weight is 315 g/mol. The number of rotatable bonds is 1. The predicted octanol–water partition coefficient (Wildman–Crippen LogP) is 0.309. The van der Waals surface area contributed by atoms with Crippen LogP contribution in [-0.2, 0) is 25.2 Å². The van der Waals surface area contributed by atoms with Gasteiger partial charge in [0.1, 0.15) is 0 Å².